The Morgan fingerprint density at radius 2 is 2.00 bits per heavy atom. The van der Waals surface area contributed by atoms with E-state index >= 15 is 0 Å². The highest BCUT2D eigenvalue weighted by Gasteiger charge is 2.10. The van der Waals surface area contributed by atoms with E-state index in [1.54, 1.807) is 18.2 Å². The van der Waals surface area contributed by atoms with E-state index in [0.717, 1.165) is 0 Å². The van der Waals surface area contributed by atoms with Gasteiger partial charge in [0.15, 0.2) is 0 Å². The second kappa shape index (κ2) is 5.55. The standard InChI is InChI=1S/C13H13FN2O2/c1-18-13-7-11(15-8-16-13)6-12(17)9-2-4-10(14)5-3-9/h2-5,7-8,12,17H,6H2,1H3. The fraction of sp³-hybridized carbons (Fsp3) is 0.231. The van der Waals surface area contributed by atoms with Crippen molar-refractivity contribution in [1.82, 2.24) is 9.97 Å². The van der Waals surface area contributed by atoms with Gasteiger partial charge >= 0.3 is 0 Å². The second-order valence-corrected chi connectivity index (χ2v) is 3.82. The predicted octanol–water partition coefficient (Wildman–Crippen LogP) is 1.90. The number of aliphatic hydroxyl groups is 1. The minimum atomic E-state index is -0.731. The molecule has 2 aromatic rings. The van der Waals surface area contributed by atoms with Gasteiger partial charge < -0.3 is 9.84 Å². The summed E-state index contributed by atoms with van der Waals surface area (Å²) in [6, 6.07) is 7.40. The molecule has 0 amide bonds. The Bertz CT molecular complexity index is 517. The zero-order valence-electron chi connectivity index (χ0n) is 9.88. The van der Waals surface area contributed by atoms with E-state index in [2.05, 4.69) is 9.97 Å². The van der Waals surface area contributed by atoms with E-state index in [9.17, 15) is 9.50 Å². The number of hydrogen-bond acceptors (Lipinski definition) is 4. The van der Waals surface area contributed by atoms with Crippen LogP contribution in [0, 0.1) is 5.82 Å². The first-order valence-electron chi connectivity index (χ1n) is 5.47. The van der Waals surface area contributed by atoms with Gasteiger partial charge in [-0.2, -0.15) is 0 Å². The number of ether oxygens (including phenoxy) is 1. The molecule has 0 radical (unpaired) electrons. The molecule has 0 bridgehead atoms. The minimum Gasteiger partial charge on any atom is -0.481 e. The van der Waals surface area contributed by atoms with E-state index in [0.29, 0.717) is 23.6 Å². The van der Waals surface area contributed by atoms with E-state index in [4.69, 9.17) is 4.74 Å². The third kappa shape index (κ3) is 3.01. The van der Waals surface area contributed by atoms with Crippen LogP contribution in [-0.4, -0.2) is 22.2 Å². The summed E-state index contributed by atoms with van der Waals surface area (Å²) in [5.41, 5.74) is 1.31. The monoisotopic (exact) mass is 248 g/mol. The summed E-state index contributed by atoms with van der Waals surface area (Å²) < 4.78 is 17.7. The summed E-state index contributed by atoms with van der Waals surface area (Å²) in [4.78, 5) is 7.93. The van der Waals surface area contributed by atoms with Gasteiger partial charge in [-0.1, -0.05) is 12.1 Å². The molecule has 0 aliphatic rings. The first kappa shape index (κ1) is 12.4. The van der Waals surface area contributed by atoms with Gasteiger partial charge in [0.05, 0.1) is 18.9 Å². The summed E-state index contributed by atoms with van der Waals surface area (Å²) in [6.45, 7) is 0. The predicted molar refractivity (Wildman–Crippen MR) is 63.6 cm³/mol. The quantitative estimate of drug-likeness (QED) is 0.897. The van der Waals surface area contributed by atoms with Crippen molar-refractivity contribution >= 4 is 0 Å². The molecular weight excluding hydrogens is 235 g/mol. The molecule has 1 N–H and O–H groups in total. The molecule has 2 rings (SSSR count). The van der Waals surface area contributed by atoms with Crippen LogP contribution in [0.25, 0.3) is 0 Å². The molecule has 0 aliphatic heterocycles. The normalized spacial score (nSPS) is 12.2. The zero-order chi connectivity index (χ0) is 13.0. The number of aromatic nitrogens is 2. The molecule has 4 nitrogen and oxygen atoms in total. The number of rotatable bonds is 4. The van der Waals surface area contributed by atoms with Crippen LogP contribution in [0.3, 0.4) is 0 Å². The lowest BCUT2D eigenvalue weighted by atomic mass is 10.0. The Morgan fingerprint density at radius 3 is 2.67 bits per heavy atom. The van der Waals surface area contributed by atoms with E-state index in [1.165, 1.54) is 25.6 Å². The van der Waals surface area contributed by atoms with Crippen LogP contribution in [0.2, 0.25) is 0 Å². The molecule has 1 aromatic carbocycles. The number of aliphatic hydroxyl groups excluding tert-OH is 1. The summed E-state index contributed by atoms with van der Waals surface area (Å²) in [6.07, 6.45) is 0.973. The van der Waals surface area contributed by atoms with Crippen molar-refractivity contribution in [1.29, 1.82) is 0 Å². The molecule has 0 aliphatic carbocycles. The highest BCUT2D eigenvalue weighted by molar-refractivity contribution is 5.21. The molecule has 0 saturated heterocycles. The van der Waals surface area contributed by atoms with Gasteiger partial charge in [-0.15, -0.1) is 0 Å². The van der Waals surface area contributed by atoms with Crippen LogP contribution in [0.15, 0.2) is 36.7 Å². The van der Waals surface area contributed by atoms with Crippen LogP contribution >= 0.6 is 0 Å². The Hall–Kier alpha value is -2.01. The van der Waals surface area contributed by atoms with Gasteiger partial charge in [-0.05, 0) is 17.7 Å². The Balaban J connectivity index is 2.10. The van der Waals surface area contributed by atoms with Crippen LogP contribution in [0.1, 0.15) is 17.4 Å². The number of hydrogen-bond donors (Lipinski definition) is 1. The Labute approximate surface area is 104 Å². The summed E-state index contributed by atoms with van der Waals surface area (Å²) in [5, 5.41) is 10.0. The maximum atomic E-state index is 12.8. The molecule has 1 unspecified atom stereocenters. The molecular formula is C13H13FN2O2. The lowest BCUT2D eigenvalue weighted by Gasteiger charge is -2.10. The minimum absolute atomic E-state index is 0.324. The smallest absolute Gasteiger partial charge is 0.216 e. The zero-order valence-corrected chi connectivity index (χ0v) is 9.88. The van der Waals surface area contributed by atoms with Crippen molar-refractivity contribution in [2.45, 2.75) is 12.5 Å². The average molecular weight is 248 g/mol. The largest absolute Gasteiger partial charge is 0.481 e. The van der Waals surface area contributed by atoms with Crippen molar-refractivity contribution in [3.8, 4) is 5.88 Å². The van der Waals surface area contributed by atoms with Crippen LogP contribution in [0.5, 0.6) is 5.88 Å². The van der Waals surface area contributed by atoms with Crippen molar-refractivity contribution < 1.29 is 14.2 Å². The second-order valence-electron chi connectivity index (χ2n) is 3.82. The van der Waals surface area contributed by atoms with Crippen molar-refractivity contribution in [2.75, 3.05) is 7.11 Å². The Morgan fingerprint density at radius 1 is 1.28 bits per heavy atom. The number of benzene rings is 1. The SMILES string of the molecule is COc1cc(CC(O)c2ccc(F)cc2)ncn1. The van der Waals surface area contributed by atoms with Gasteiger partial charge in [0.1, 0.15) is 12.1 Å². The topological polar surface area (TPSA) is 55.2 Å². The molecule has 1 atom stereocenters. The molecule has 0 fully saturated rings. The molecule has 1 heterocycles. The van der Waals surface area contributed by atoms with Gasteiger partial charge in [-0.25, -0.2) is 14.4 Å². The fourth-order valence-corrected chi connectivity index (χ4v) is 1.60. The fourth-order valence-electron chi connectivity index (χ4n) is 1.60. The van der Waals surface area contributed by atoms with Gasteiger partial charge in [-0.3, -0.25) is 0 Å². The van der Waals surface area contributed by atoms with Gasteiger partial charge in [0, 0.05) is 12.5 Å². The maximum Gasteiger partial charge on any atom is 0.216 e. The van der Waals surface area contributed by atoms with Crippen molar-refractivity contribution in [3.63, 3.8) is 0 Å². The molecule has 1 aromatic heterocycles. The lowest BCUT2D eigenvalue weighted by molar-refractivity contribution is 0.177. The maximum absolute atomic E-state index is 12.8. The summed E-state index contributed by atoms with van der Waals surface area (Å²) in [5.74, 6) is 0.126. The third-order valence-electron chi connectivity index (χ3n) is 2.57. The molecule has 0 spiro atoms. The van der Waals surface area contributed by atoms with E-state index < -0.39 is 6.10 Å². The average Bonchev–Trinajstić information content (AvgIpc) is 2.39. The number of methoxy groups -OCH3 is 1. The molecule has 18 heavy (non-hydrogen) atoms. The van der Waals surface area contributed by atoms with Crippen LogP contribution in [-0.2, 0) is 6.42 Å². The molecule has 0 saturated carbocycles. The lowest BCUT2D eigenvalue weighted by Crippen LogP contribution is -2.04. The molecule has 5 heteroatoms. The van der Waals surface area contributed by atoms with Gasteiger partial charge in [0.2, 0.25) is 5.88 Å². The van der Waals surface area contributed by atoms with E-state index in [-0.39, 0.29) is 5.82 Å². The van der Waals surface area contributed by atoms with Gasteiger partial charge in [0.25, 0.3) is 0 Å². The number of halogens is 1. The third-order valence-corrected chi connectivity index (χ3v) is 2.57. The molecule has 94 valence electrons. The van der Waals surface area contributed by atoms with Crippen LogP contribution < -0.4 is 4.74 Å². The summed E-state index contributed by atoms with van der Waals surface area (Å²) >= 11 is 0. The van der Waals surface area contributed by atoms with Crippen molar-refractivity contribution in [3.05, 3.63) is 53.7 Å². The Kier molecular flexibility index (Phi) is 3.84. The highest BCUT2D eigenvalue weighted by Crippen LogP contribution is 2.18. The van der Waals surface area contributed by atoms with Crippen LogP contribution in [0.4, 0.5) is 4.39 Å². The summed E-state index contributed by atoms with van der Waals surface area (Å²) in [7, 11) is 1.52. The first-order valence-corrected chi connectivity index (χ1v) is 5.47. The van der Waals surface area contributed by atoms with E-state index in [1.807, 2.05) is 0 Å². The number of nitrogens with zero attached hydrogens (tertiary/aromatic N) is 2. The highest BCUT2D eigenvalue weighted by atomic mass is 19.1. The first-order chi connectivity index (χ1) is 8.69. The van der Waals surface area contributed by atoms with Crippen molar-refractivity contribution in [2.24, 2.45) is 0 Å².